The van der Waals surface area contributed by atoms with Gasteiger partial charge in [0.25, 0.3) is 0 Å². The molecule has 0 spiro atoms. The zero-order chi connectivity index (χ0) is 13.9. The van der Waals surface area contributed by atoms with E-state index >= 15 is 0 Å². The van der Waals surface area contributed by atoms with Crippen molar-refractivity contribution in [2.75, 3.05) is 11.9 Å². The van der Waals surface area contributed by atoms with Gasteiger partial charge in [0.05, 0.1) is 11.4 Å². The van der Waals surface area contributed by atoms with Gasteiger partial charge >= 0.3 is 6.18 Å². The third-order valence-electron chi connectivity index (χ3n) is 2.24. The number of alkyl halides is 3. The van der Waals surface area contributed by atoms with Crippen LogP contribution in [0.1, 0.15) is 12.6 Å². The van der Waals surface area contributed by atoms with Crippen molar-refractivity contribution < 1.29 is 18.0 Å². The van der Waals surface area contributed by atoms with E-state index in [9.17, 15) is 18.0 Å². The number of halogens is 3. The van der Waals surface area contributed by atoms with E-state index < -0.39 is 24.7 Å². The molecule has 1 aromatic heterocycles. The van der Waals surface area contributed by atoms with Gasteiger partial charge < -0.3 is 10.6 Å². The van der Waals surface area contributed by atoms with Crippen LogP contribution in [0.2, 0.25) is 0 Å². The van der Waals surface area contributed by atoms with Crippen LogP contribution in [0.5, 0.6) is 0 Å². The van der Waals surface area contributed by atoms with Crippen molar-refractivity contribution in [3.8, 4) is 0 Å². The van der Waals surface area contributed by atoms with Gasteiger partial charge in [0.2, 0.25) is 5.91 Å². The van der Waals surface area contributed by atoms with Crippen LogP contribution in [-0.2, 0) is 11.8 Å². The lowest BCUT2D eigenvalue weighted by atomic mass is 10.3. The highest BCUT2D eigenvalue weighted by molar-refractivity contribution is 5.84. The molecule has 2 N–H and O–H groups in total. The number of hydrogen-bond donors (Lipinski definition) is 2. The van der Waals surface area contributed by atoms with E-state index in [-0.39, 0.29) is 0 Å². The van der Waals surface area contributed by atoms with Crippen molar-refractivity contribution in [2.45, 2.75) is 26.1 Å². The van der Waals surface area contributed by atoms with E-state index in [1.54, 1.807) is 24.9 Å². The van der Waals surface area contributed by atoms with Gasteiger partial charge in [-0.15, -0.1) is 0 Å². The fourth-order valence-electron chi connectivity index (χ4n) is 1.38. The van der Waals surface area contributed by atoms with Gasteiger partial charge in [-0.3, -0.25) is 9.48 Å². The van der Waals surface area contributed by atoms with Gasteiger partial charge in [0, 0.05) is 13.2 Å². The molecule has 1 unspecified atom stereocenters. The summed E-state index contributed by atoms with van der Waals surface area (Å²) in [6, 6.07) is -0.768. The minimum absolute atomic E-state index is 0.618. The topological polar surface area (TPSA) is 59.0 Å². The molecule has 1 atom stereocenters. The third-order valence-corrected chi connectivity index (χ3v) is 2.24. The molecule has 0 saturated carbocycles. The first-order valence-corrected chi connectivity index (χ1v) is 5.30. The second-order valence-corrected chi connectivity index (χ2v) is 4.00. The number of anilines is 1. The minimum atomic E-state index is -4.40. The van der Waals surface area contributed by atoms with E-state index in [0.717, 1.165) is 0 Å². The number of aromatic nitrogens is 2. The van der Waals surface area contributed by atoms with Gasteiger partial charge in [0.1, 0.15) is 12.6 Å². The van der Waals surface area contributed by atoms with Crippen molar-refractivity contribution >= 4 is 11.6 Å². The first-order valence-electron chi connectivity index (χ1n) is 5.30. The zero-order valence-electron chi connectivity index (χ0n) is 10.3. The summed E-state index contributed by atoms with van der Waals surface area (Å²) in [6.07, 6.45) is -2.75. The Morgan fingerprint density at radius 1 is 1.56 bits per heavy atom. The van der Waals surface area contributed by atoms with Crippen molar-refractivity contribution in [3.05, 3.63) is 11.9 Å². The highest BCUT2D eigenvalue weighted by Crippen LogP contribution is 2.14. The van der Waals surface area contributed by atoms with Crippen LogP contribution in [0.4, 0.5) is 18.9 Å². The van der Waals surface area contributed by atoms with E-state index in [1.165, 1.54) is 6.92 Å². The molecule has 5 nitrogen and oxygen atoms in total. The standard InChI is InChI=1S/C10H15F3N4O/c1-6-8(4-17(3)16-6)15-7(2)9(18)14-5-10(11,12)13/h4,7,15H,5H2,1-3H3,(H,14,18). The summed E-state index contributed by atoms with van der Waals surface area (Å²) in [7, 11) is 1.71. The van der Waals surface area contributed by atoms with E-state index in [4.69, 9.17) is 0 Å². The second kappa shape index (κ2) is 5.28. The first-order chi connectivity index (χ1) is 8.19. The van der Waals surface area contributed by atoms with Crippen LogP contribution in [0.25, 0.3) is 0 Å². The molecule has 1 heterocycles. The van der Waals surface area contributed by atoms with Crippen LogP contribution in [0.3, 0.4) is 0 Å². The highest BCUT2D eigenvalue weighted by Gasteiger charge is 2.28. The molecular weight excluding hydrogens is 249 g/mol. The number of amides is 1. The molecule has 8 heteroatoms. The molecule has 102 valence electrons. The summed E-state index contributed by atoms with van der Waals surface area (Å²) in [5, 5.41) is 8.67. The SMILES string of the molecule is Cc1nn(C)cc1NC(C)C(=O)NCC(F)(F)F. The van der Waals surface area contributed by atoms with Crippen LogP contribution < -0.4 is 10.6 Å². The average Bonchev–Trinajstić information content (AvgIpc) is 2.52. The number of nitrogens with zero attached hydrogens (tertiary/aromatic N) is 2. The summed E-state index contributed by atoms with van der Waals surface area (Å²) >= 11 is 0. The van der Waals surface area contributed by atoms with Gasteiger partial charge in [-0.2, -0.15) is 18.3 Å². The summed E-state index contributed by atoms with van der Waals surface area (Å²) < 4.78 is 37.3. The number of hydrogen-bond acceptors (Lipinski definition) is 3. The van der Waals surface area contributed by atoms with Crippen molar-refractivity contribution in [3.63, 3.8) is 0 Å². The number of nitrogens with one attached hydrogen (secondary N) is 2. The van der Waals surface area contributed by atoms with Crippen LogP contribution in [0, 0.1) is 6.92 Å². The molecule has 1 rings (SSSR count). The molecule has 18 heavy (non-hydrogen) atoms. The molecular formula is C10H15F3N4O. The quantitative estimate of drug-likeness (QED) is 0.859. The van der Waals surface area contributed by atoms with Gasteiger partial charge in [-0.1, -0.05) is 0 Å². The lowest BCUT2D eigenvalue weighted by molar-refractivity contribution is -0.138. The molecule has 1 amide bonds. The number of aryl methyl sites for hydroxylation is 2. The van der Waals surface area contributed by atoms with E-state index in [2.05, 4.69) is 10.4 Å². The smallest absolute Gasteiger partial charge is 0.371 e. The van der Waals surface area contributed by atoms with Crippen molar-refractivity contribution in [1.29, 1.82) is 0 Å². The fourth-order valence-corrected chi connectivity index (χ4v) is 1.38. The summed E-state index contributed by atoms with van der Waals surface area (Å²) in [4.78, 5) is 11.4. The summed E-state index contributed by atoms with van der Waals surface area (Å²) in [5.41, 5.74) is 1.29. The molecule has 0 aliphatic carbocycles. The number of carbonyl (C=O) groups is 1. The Morgan fingerprint density at radius 2 is 2.17 bits per heavy atom. The Kier molecular flexibility index (Phi) is 4.20. The zero-order valence-corrected chi connectivity index (χ0v) is 10.3. The second-order valence-electron chi connectivity index (χ2n) is 4.00. The number of rotatable bonds is 4. The monoisotopic (exact) mass is 264 g/mol. The Bertz CT molecular complexity index is 427. The summed E-state index contributed by atoms with van der Waals surface area (Å²) in [6.45, 7) is 1.89. The molecule has 0 aliphatic heterocycles. The molecule has 0 fully saturated rings. The number of carbonyl (C=O) groups excluding carboxylic acids is 1. The largest absolute Gasteiger partial charge is 0.405 e. The maximum atomic E-state index is 11.9. The average molecular weight is 264 g/mol. The fraction of sp³-hybridized carbons (Fsp3) is 0.600. The minimum Gasteiger partial charge on any atom is -0.371 e. The lowest BCUT2D eigenvalue weighted by Crippen LogP contribution is -2.42. The Balaban J connectivity index is 2.52. The van der Waals surface area contributed by atoms with Crippen molar-refractivity contribution in [2.24, 2.45) is 7.05 Å². The lowest BCUT2D eigenvalue weighted by Gasteiger charge is -2.15. The highest BCUT2D eigenvalue weighted by atomic mass is 19.4. The molecule has 0 bridgehead atoms. The predicted molar refractivity (Wildman–Crippen MR) is 60.1 cm³/mol. The normalized spacial score (nSPS) is 13.2. The van der Waals surface area contributed by atoms with Crippen LogP contribution in [-0.4, -0.2) is 34.5 Å². The molecule has 0 radical (unpaired) electrons. The Labute approximate surface area is 102 Å². The van der Waals surface area contributed by atoms with Gasteiger partial charge in [-0.25, -0.2) is 0 Å². The van der Waals surface area contributed by atoms with E-state index in [0.29, 0.717) is 11.4 Å². The molecule has 1 aromatic rings. The van der Waals surface area contributed by atoms with Crippen LogP contribution >= 0.6 is 0 Å². The van der Waals surface area contributed by atoms with Crippen LogP contribution in [0.15, 0.2) is 6.20 Å². The van der Waals surface area contributed by atoms with Gasteiger partial charge in [-0.05, 0) is 13.8 Å². The summed E-state index contributed by atoms with van der Waals surface area (Å²) in [5.74, 6) is -0.712. The predicted octanol–water partition coefficient (Wildman–Crippen LogP) is 1.21. The molecule has 0 saturated heterocycles. The maximum absolute atomic E-state index is 11.9. The van der Waals surface area contributed by atoms with Gasteiger partial charge in [0.15, 0.2) is 0 Å². The molecule has 0 aliphatic rings. The Morgan fingerprint density at radius 3 is 2.61 bits per heavy atom. The third kappa shape index (κ3) is 4.27. The first kappa shape index (κ1) is 14.3. The molecule has 0 aromatic carbocycles. The van der Waals surface area contributed by atoms with E-state index in [1.807, 2.05) is 5.32 Å². The maximum Gasteiger partial charge on any atom is 0.405 e. The van der Waals surface area contributed by atoms with Crippen molar-refractivity contribution in [1.82, 2.24) is 15.1 Å². The Hall–Kier alpha value is -1.73.